The minimum absolute atomic E-state index is 0.323. The Balaban J connectivity index is 2.40. The third-order valence-electron chi connectivity index (χ3n) is 1.90. The van der Waals surface area contributed by atoms with Crippen molar-refractivity contribution in [3.63, 3.8) is 0 Å². The Bertz CT molecular complexity index is 357. The third-order valence-corrected chi connectivity index (χ3v) is 2.68. The van der Waals surface area contributed by atoms with Crippen molar-refractivity contribution in [2.45, 2.75) is 6.54 Å². The van der Waals surface area contributed by atoms with Crippen LogP contribution in [0, 0.1) is 11.6 Å². The van der Waals surface area contributed by atoms with Gasteiger partial charge < -0.3 is 5.32 Å². The lowest BCUT2D eigenvalue weighted by atomic mass is 10.2. The highest BCUT2D eigenvalue weighted by Gasteiger charge is 2.02. The summed E-state index contributed by atoms with van der Waals surface area (Å²) in [6.07, 6.45) is 1.61. The number of nitrogens with one attached hydrogen (secondary N) is 1. The molecular formula is C10H13F2NOS. The van der Waals surface area contributed by atoms with Crippen molar-refractivity contribution in [3.05, 3.63) is 35.4 Å². The number of hydrogen-bond acceptors (Lipinski definition) is 2. The van der Waals surface area contributed by atoms with Crippen LogP contribution in [0.5, 0.6) is 0 Å². The molecule has 1 rings (SSSR count). The largest absolute Gasteiger partial charge is 0.312 e. The summed E-state index contributed by atoms with van der Waals surface area (Å²) in [6, 6.07) is 3.48. The molecule has 1 aromatic rings. The van der Waals surface area contributed by atoms with E-state index in [1.54, 1.807) is 6.26 Å². The smallest absolute Gasteiger partial charge is 0.130 e. The molecule has 0 fully saturated rings. The van der Waals surface area contributed by atoms with Crippen LogP contribution in [0.4, 0.5) is 8.78 Å². The lowest BCUT2D eigenvalue weighted by Crippen LogP contribution is -2.20. The number of halogens is 2. The average molecular weight is 233 g/mol. The highest BCUT2D eigenvalue weighted by molar-refractivity contribution is 7.84. The highest BCUT2D eigenvalue weighted by atomic mass is 32.2. The van der Waals surface area contributed by atoms with E-state index in [0.29, 0.717) is 24.4 Å². The predicted molar refractivity (Wildman–Crippen MR) is 57.0 cm³/mol. The van der Waals surface area contributed by atoms with Gasteiger partial charge in [0.05, 0.1) is 0 Å². The van der Waals surface area contributed by atoms with E-state index in [1.807, 2.05) is 0 Å². The molecule has 0 spiro atoms. The normalized spacial score (nSPS) is 12.7. The molecule has 2 nitrogen and oxygen atoms in total. The summed E-state index contributed by atoms with van der Waals surface area (Å²) in [5.41, 5.74) is 0.415. The van der Waals surface area contributed by atoms with Gasteiger partial charge in [-0.25, -0.2) is 8.78 Å². The second-order valence-electron chi connectivity index (χ2n) is 3.19. The zero-order chi connectivity index (χ0) is 11.3. The molecule has 1 atom stereocenters. The maximum atomic E-state index is 13.1. The second kappa shape index (κ2) is 5.92. The molecule has 84 valence electrons. The van der Waals surface area contributed by atoms with Crippen LogP contribution in [-0.4, -0.2) is 22.8 Å². The van der Waals surface area contributed by atoms with Gasteiger partial charge in [0.15, 0.2) is 0 Å². The Labute approximate surface area is 90.1 Å². The van der Waals surface area contributed by atoms with Crippen LogP contribution in [-0.2, 0) is 17.3 Å². The van der Waals surface area contributed by atoms with Gasteiger partial charge in [-0.15, -0.1) is 0 Å². The topological polar surface area (TPSA) is 29.1 Å². The van der Waals surface area contributed by atoms with Crippen molar-refractivity contribution >= 4 is 10.8 Å². The Kier molecular flexibility index (Phi) is 4.84. The summed E-state index contributed by atoms with van der Waals surface area (Å²) in [5, 5.41) is 2.94. The molecule has 0 aliphatic heterocycles. The fraction of sp³-hybridized carbons (Fsp3) is 0.400. The molecular weight excluding hydrogens is 220 g/mol. The Hall–Kier alpha value is -0.810. The van der Waals surface area contributed by atoms with E-state index < -0.39 is 22.4 Å². The van der Waals surface area contributed by atoms with Gasteiger partial charge in [-0.3, -0.25) is 4.21 Å². The number of hydrogen-bond donors (Lipinski definition) is 1. The SMILES string of the molecule is CS(=O)CCNCc1ccc(F)cc1F. The minimum atomic E-state index is -0.849. The van der Waals surface area contributed by atoms with Crippen LogP contribution in [0.3, 0.4) is 0 Å². The van der Waals surface area contributed by atoms with Crippen LogP contribution >= 0.6 is 0 Å². The Morgan fingerprint density at radius 2 is 2.13 bits per heavy atom. The van der Waals surface area contributed by atoms with Gasteiger partial charge in [0.1, 0.15) is 11.6 Å². The molecule has 0 aliphatic carbocycles. The molecule has 0 heterocycles. The first-order chi connectivity index (χ1) is 7.09. The van der Waals surface area contributed by atoms with E-state index in [-0.39, 0.29) is 0 Å². The fourth-order valence-electron chi connectivity index (χ4n) is 1.10. The van der Waals surface area contributed by atoms with Crippen LogP contribution in [0.25, 0.3) is 0 Å². The summed E-state index contributed by atoms with van der Waals surface area (Å²) < 4.78 is 36.4. The molecule has 0 aromatic heterocycles. The monoisotopic (exact) mass is 233 g/mol. The summed E-state index contributed by atoms with van der Waals surface area (Å²) in [4.78, 5) is 0. The van der Waals surface area contributed by atoms with Gasteiger partial charge in [-0.2, -0.15) is 0 Å². The van der Waals surface area contributed by atoms with Crippen molar-refractivity contribution in [2.24, 2.45) is 0 Å². The molecule has 0 amide bonds. The van der Waals surface area contributed by atoms with Gasteiger partial charge in [0.25, 0.3) is 0 Å². The van der Waals surface area contributed by atoms with E-state index in [1.165, 1.54) is 12.1 Å². The van der Waals surface area contributed by atoms with Gasteiger partial charge in [0.2, 0.25) is 0 Å². The van der Waals surface area contributed by atoms with Crippen molar-refractivity contribution in [2.75, 3.05) is 18.6 Å². The third kappa shape index (κ3) is 4.48. The molecule has 0 bridgehead atoms. The lowest BCUT2D eigenvalue weighted by Gasteiger charge is -2.04. The van der Waals surface area contributed by atoms with E-state index >= 15 is 0 Å². The Morgan fingerprint density at radius 3 is 2.73 bits per heavy atom. The molecule has 0 saturated carbocycles. The van der Waals surface area contributed by atoms with E-state index in [2.05, 4.69) is 5.32 Å². The van der Waals surface area contributed by atoms with Gasteiger partial charge >= 0.3 is 0 Å². The first-order valence-corrected chi connectivity index (χ1v) is 6.27. The molecule has 15 heavy (non-hydrogen) atoms. The minimum Gasteiger partial charge on any atom is -0.312 e. The first-order valence-electron chi connectivity index (χ1n) is 4.54. The van der Waals surface area contributed by atoms with E-state index in [4.69, 9.17) is 0 Å². The molecule has 0 aliphatic rings. The summed E-state index contributed by atoms with van der Waals surface area (Å²) in [7, 11) is -0.849. The van der Waals surface area contributed by atoms with Crippen LogP contribution in [0.1, 0.15) is 5.56 Å². The maximum Gasteiger partial charge on any atom is 0.130 e. The molecule has 1 N–H and O–H groups in total. The molecule has 1 aromatic carbocycles. The summed E-state index contributed by atoms with van der Waals surface area (Å²) in [5.74, 6) is -0.603. The van der Waals surface area contributed by atoms with E-state index in [0.717, 1.165) is 6.07 Å². The van der Waals surface area contributed by atoms with Crippen LogP contribution < -0.4 is 5.32 Å². The molecule has 1 unspecified atom stereocenters. The van der Waals surface area contributed by atoms with Gasteiger partial charge in [-0.05, 0) is 6.07 Å². The van der Waals surface area contributed by atoms with Crippen molar-refractivity contribution in [1.29, 1.82) is 0 Å². The standard InChI is InChI=1S/C10H13F2NOS/c1-15(14)5-4-13-7-8-2-3-9(11)6-10(8)12/h2-3,6,13H,4-5,7H2,1H3. The lowest BCUT2D eigenvalue weighted by molar-refractivity contribution is 0.563. The molecule has 5 heteroatoms. The molecule has 0 radical (unpaired) electrons. The maximum absolute atomic E-state index is 13.1. The average Bonchev–Trinajstić information content (AvgIpc) is 2.14. The Morgan fingerprint density at radius 1 is 1.40 bits per heavy atom. The van der Waals surface area contributed by atoms with Crippen LogP contribution in [0.2, 0.25) is 0 Å². The van der Waals surface area contributed by atoms with Crippen LogP contribution in [0.15, 0.2) is 18.2 Å². The van der Waals surface area contributed by atoms with Gasteiger partial charge in [0, 0.05) is 47.5 Å². The predicted octanol–water partition coefficient (Wildman–Crippen LogP) is 1.43. The fourth-order valence-corrected chi connectivity index (χ4v) is 1.54. The zero-order valence-electron chi connectivity index (χ0n) is 8.43. The number of rotatable bonds is 5. The van der Waals surface area contributed by atoms with E-state index in [9.17, 15) is 13.0 Å². The second-order valence-corrected chi connectivity index (χ2v) is 4.74. The van der Waals surface area contributed by atoms with Crippen molar-refractivity contribution < 1.29 is 13.0 Å². The van der Waals surface area contributed by atoms with Gasteiger partial charge in [-0.1, -0.05) is 6.07 Å². The highest BCUT2D eigenvalue weighted by Crippen LogP contribution is 2.08. The molecule has 0 saturated heterocycles. The van der Waals surface area contributed by atoms with Crippen molar-refractivity contribution in [3.8, 4) is 0 Å². The summed E-state index contributed by atoms with van der Waals surface area (Å²) in [6.45, 7) is 0.878. The quantitative estimate of drug-likeness (QED) is 0.780. The van der Waals surface area contributed by atoms with Crippen molar-refractivity contribution in [1.82, 2.24) is 5.32 Å². The zero-order valence-corrected chi connectivity index (χ0v) is 9.24. The number of benzene rings is 1. The first kappa shape index (κ1) is 12.3. The summed E-state index contributed by atoms with van der Waals surface area (Å²) >= 11 is 0.